The molecule has 1 saturated heterocycles. The Labute approximate surface area is 119 Å². The van der Waals surface area contributed by atoms with Crippen LogP contribution in [0.15, 0.2) is 11.0 Å². The average Bonchev–Trinajstić information content (AvgIpc) is 2.44. The predicted octanol–water partition coefficient (Wildman–Crippen LogP) is 1.15. The van der Waals surface area contributed by atoms with Crippen LogP contribution in [-0.4, -0.2) is 47.3 Å². The molecule has 2 heterocycles. The Bertz CT molecular complexity index is 551. The van der Waals surface area contributed by atoms with Gasteiger partial charge in [-0.25, -0.2) is 0 Å². The topological polar surface area (TPSA) is 68.4 Å². The molecule has 0 radical (unpaired) electrons. The van der Waals surface area contributed by atoms with Crippen LogP contribution < -0.4 is 10.7 Å². The number of hydrogen-bond acceptors (Lipinski definition) is 4. The summed E-state index contributed by atoms with van der Waals surface area (Å²) in [6.07, 6.45) is -3.17. The van der Waals surface area contributed by atoms with Crippen LogP contribution in [0.4, 0.5) is 13.2 Å². The van der Waals surface area contributed by atoms with Gasteiger partial charge < -0.3 is 15.4 Å². The number of nitrogens with zero attached hydrogens (tertiary/aromatic N) is 1. The molecule has 1 unspecified atom stereocenters. The highest BCUT2D eigenvalue weighted by molar-refractivity contribution is 5.32. The lowest BCUT2D eigenvalue weighted by molar-refractivity contribution is -0.188. The number of hydrogen-bond donors (Lipinski definition) is 3. The van der Waals surface area contributed by atoms with Gasteiger partial charge in [0.05, 0.1) is 5.69 Å². The summed E-state index contributed by atoms with van der Waals surface area (Å²) in [4.78, 5) is 15.9. The van der Waals surface area contributed by atoms with Gasteiger partial charge in [0.1, 0.15) is 6.04 Å². The van der Waals surface area contributed by atoms with Crippen LogP contribution in [0.1, 0.15) is 24.2 Å². The van der Waals surface area contributed by atoms with E-state index in [1.54, 1.807) is 6.92 Å². The molecule has 0 bridgehead atoms. The van der Waals surface area contributed by atoms with Crippen LogP contribution >= 0.6 is 0 Å². The smallest absolute Gasteiger partial charge is 0.408 e. The molecule has 21 heavy (non-hydrogen) atoms. The lowest BCUT2D eigenvalue weighted by Gasteiger charge is -2.35. The zero-order valence-corrected chi connectivity index (χ0v) is 11.6. The first-order chi connectivity index (χ1) is 9.86. The minimum atomic E-state index is -4.58. The molecule has 118 valence electrons. The fourth-order valence-electron chi connectivity index (χ4n) is 2.57. The van der Waals surface area contributed by atoms with Gasteiger partial charge in [0, 0.05) is 37.9 Å². The van der Waals surface area contributed by atoms with Gasteiger partial charge in [0.2, 0.25) is 5.43 Å². The molecule has 1 aromatic rings. The van der Waals surface area contributed by atoms with E-state index in [2.05, 4.69) is 10.3 Å². The van der Waals surface area contributed by atoms with Crippen molar-refractivity contribution in [3.05, 3.63) is 27.7 Å². The SMILES string of the molecule is CCc1[nH]cc(C(N2CCNCC2)C(F)(F)F)c(=O)c1O. The van der Waals surface area contributed by atoms with Gasteiger partial charge in [0.25, 0.3) is 0 Å². The van der Waals surface area contributed by atoms with E-state index in [1.165, 1.54) is 4.90 Å². The first kappa shape index (κ1) is 15.8. The third kappa shape index (κ3) is 3.21. The first-order valence-corrected chi connectivity index (χ1v) is 6.81. The number of halogens is 3. The highest BCUT2D eigenvalue weighted by atomic mass is 19.4. The summed E-state index contributed by atoms with van der Waals surface area (Å²) in [6, 6.07) is -2.00. The number of nitrogens with one attached hydrogen (secondary N) is 2. The fourth-order valence-corrected chi connectivity index (χ4v) is 2.57. The normalized spacial score (nSPS) is 18.7. The lowest BCUT2D eigenvalue weighted by Crippen LogP contribution is -2.50. The van der Waals surface area contributed by atoms with Crippen LogP contribution in [0.3, 0.4) is 0 Å². The Morgan fingerprint density at radius 2 is 2.00 bits per heavy atom. The van der Waals surface area contributed by atoms with Crippen molar-refractivity contribution in [2.75, 3.05) is 26.2 Å². The Morgan fingerprint density at radius 1 is 1.38 bits per heavy atom. The molecule has 1 aliphatic rings. The largest absolute Gasteiger partial charge is 0.503 e. The summed E-state index contributed by atoms with van der Waals surface area (Å²) in [5, 5.41) is 12.7. The molecule has 1 aliphatic heterocycles. The average molecular weight is 305 g/mol. The zero-order valence-electron chi connectivity index (χ0n) is 11.6. The van der Waals surface area contributed by atoms with E-state index < -0.39 is 29.0 Å². The van der Waals surface area contributed by atoms with Crippen molar-refractivity contribution in [1.29, 1.82) is 0 Å². The van der Waals surface area contributed by atoms with Crippen molar-refractivity contribution >= 4 is 0 Å². The molecular formula is C13H18F3N3O2. The highest BCUT2D eigenvalue weighted by Crippen LogP contribution is 2.36. The van der Waals surface area contributed by atoms with E-state index in [1.807, 2.05) is 0 Å². The number of aryl methyl sites for hydroxylation is 1. The van der Waals surface area contributed by atoms with E-state index in [9.17, 15) is 23.1 Å². The van der Waals surface area contributed by atoms with E-state index in [0.717, 1.165) is 6.20 Å². The minimum absolute atomic E-state index is 0.194. The van der Waals surface area contributed by atoms with Crippen molar-refractivity contribution in [3.63, 3.8) is 0 Å². The number of piperazine rings is 1. The summed E-state index contributed by atoms with van der Waals surface area (Å²) in [5.74, 6) is -0.626. The molecule has 8 heteroatoms. The molecule has 0 saturated carbocycles. The van der Waals surface area contributed by atoms with Crippen molar-refractivity contribution in [2.45, 2.75) is 25.6 Å². The van der Waals surface area contributed by atoms with E-state index >= 15 is 0 Å². The van der Waals surface area contributed by atoms with E-state index in [4.69, 9.17) is 0 Å². The van der Waals surface area contributed by atoms with Gasteiger partial charge in [-0.05, 0) is 6.42 Å². The van der Waals surface area contributed by atoms with Crippen LogP contribution in [0.25, 0.3) is 0 Å². The van der Waals surface area contributed by atoms with Crippen molar-refractivity contribution in [2.24, 2.45) is 0 Å². The monoisotopic (exact) mass is 305 g/mol. The maximum absolute atomic E-state index is 13.4. The van der Waals surface area contributed by atoms with Crippen LogP contribution in [0.5, 0.6) is 5.75 Å². The van der Waals surface area contributed by atoms with E-state index in [0.29, 0.717) is 19.5 Å². The van der Waals surface area contributed by atoms with Gasteiger partial charge in [-0.1, -0.05) is 6.92 Å². The molecule has 3 N–H and O–H groups in total. The number of alkyl halides is 3. The van der Waals surface area contributed by atoms with Crippen LogP contribution in [0.2, 0.25) is 0 Å². The molecule has 1 atom stereocenters. The van der Waals surface area contributed by atoms with E-state index in [-0.39, 0.29) is 18.8 Å². The van der Waals surface area contributed by atoms with Crippen molar-refractivity contribution < 1.29 is 18.3 Å². The number of aromatic nitrogens is 1. The highest BCUT2D eigenvalue weighted by Gasteiger charge is 2.46. The Kier molecular flexibility index (Phi) is 4.58. The Hall–Kier alpha value is -1.54. The maximum Gasteiger partial charge on any atom is 0.408 e. The third-order valence-corrected chi connectivity index (χ3v) is 3.64. The van der Waals surface area contributed by atoms with Crippen molar-refractivity contribution in [1.82, 2.24) is 15.2 Å². The maximum atomic E-state index is 13.4. The summed E-state index contributed by atoms with van der Waals surface area (Å²) in [5.41, 5.74) is -1.17. The predicted molar refractivity (Wildman–Crippen MR) is 71.3 cm³/mol. The third-order valence-electron chi connectivity index (χ3n) is 3.64. The fraction of sp³-hybridized carbons (Fsp3) is 0.615. The van der Waals surface area contributed by atoms with Gasteiger partial charge in [-0.3, -0.25) is 9.69 Å². The molecule has 0 amide bonds. The number of pyridine rings is 1. The first-order valence-electron chi connectivity index (χ1n) is 6.81. The summed E-state index contributed by atoms with van der Waals surface area (Å²) in [6.45, 7) is 2.95. The molecule has 0 aliphatic carbocycles. The van der Waals surface area contributed by atoms with Gasteiger partial charge in [-0.15, -0.1) is 0 Å². The summed E-state index contributed by atoms with van der Waals surface area (Å²) >= 11 is 0. The molecular weight excluding hydrogens is 287 g/mol. The number of H-pyrrole nitrogens is 1. The quantitative estimate of drug-likeness (QED) is 0.784. The second-order valence-electron chi connectivity index (χ2n) is 4.98. The lowest BCUT2D eigenvalue weighted by atomic mass is 10.0. The van der Waals surface area contributed by atoms with Gasteiger partial charge in [0.15, 0.2) is 5.75 Å². The Morgan fingerprint density at radius 3 is 2.52 bits per heavy atom. The summed E-state index contributed by atoms with van der Waals surface area (Å²) < 4.78 is 40.2. The molecule has 2 rings (SSSR count). The number of aromatic hydroxyl groups is 1. The molecule has 1 aromatic heterocycles. The Balaban J connectivity index is 2.47. The molecule has 0 spiro atoms. The molecule has 5 nitrogen and oxygen atoms in total. The van der Waals surface area contributed by atoms with Crippen LogP contribution in [0, 0.1) is 0 Å². The minimum Gasteiger partial charge on any atom is -0.503 e. The van der Waals surface area contributed by atoms with Gasteiger partial charge in [-0.2, -0.15) is 13.2 Å². The molecule has 1 fully saturated rings. The second kappa shape index (κ2) is 6.07. The van der Waals surface area contributed by atoms with Gasteiger partial charge >= 0.3 is 6.18 Å². The summed E-state index contributed by atoms with van der Waals surface area (Å²) in [7, 11) is 0. The zero-order chi connectivity index (χ0) is 15.6. The standard InChI is InChI=1S/C13H18F3N3O2/c1-2-9-11(21)10(20)8(7-18-9)12(13(14,15)16)19-5-3-17-4-6-19/h7,12,17,21H,2-6H2,1H3,(H,18,20). The van der Waals surface area contributed by atoms with Crippen LogP contribution in [-0.2, 0) is 6.42 Å². The number of rotatable bonds is 3. The second-order valence-corrected chi connectivity index (χ2v) is 4.98. The number of aromatic amines is 1. The molecule has 0 aromatic carbocycles. The van der Waals surface area contributed by atoms with Crippen molar-refractivity contribution in [3.8, 4) is 5.75 Å².